The molecule has 0 amide bonds. The molecule has 5 heteroatoms. The predicted octanol–water partition coefficient (Wildman–Crippen LogP) is 2.84. The summed E-state index contributed by atoms with van der Waals surface area (Å²) in [7, 11) is 0. The molecule has 21 heavy (non-hydrogen) atoms. The van der Waals surface area contributed by atoms with Crippen LogP contribution >= 0.6 is 0 Å². The van der Waals surface area contributed by atoms with Crippen molar-refractivity contribution in [2.75, 3.05) is 12.3 Å². The molecule has 0 aliphatic rings. The van der Waals surface area contributed by atoms with Crippen molar-refractivity contribution in [1.29, 1.82) is 0 Å². The Morgan fingerprint density at radius 1 is 1.14 bits per heavy atom. The van der Waals surface area contributed by atoms with E-state index in [0.717, 1.165) is 16.6 Å². The number of hydrogen-bond acceptors (Lipinski definition) is 5. The first-order valence-corrected chi connectivity index (χ1v) is 6.50. The van der Waals surface area contributed by atoms with E-state index in [0.29, 0.717) is 23.9 Å². The quantitative estimate of drug-likeness (QED) is 0.586. The van der Waals surface area contributed by atoms with E-state index in [1.807, 2.05) is 30.3 Å². The highest BCUT2D eigenvalue weighted by Gasteiger charge is 2.11. The van der Waals surface area contributed by atoms with Gasteiger partial charge in [-0.05, 0) is 24.3 Å². The lowest BCUT2D eigenvalue weighted by Gasteiger charge is -2.10. The van der Waals surface area contributed by atoms with E-state index in [1.54, 1.807) is 18.5 Å². The summed E-state index contributed by atoms with van der Waals surface area (Å²) >= 11 is 0. The predicted molar refractivity (Wildman–Crippen MR) is 82.9 cm³/mol. The standard InChI is InChI=1S/C16H14N4O/c1-2-9-21-14-7-3-5-11(15(14)17)16-19-10-13-12(20-16)6-4-8-18-13/h2-8,10H,1,9,17H2. The van der Waals surface area contributed by atoms with Crippen molar-refractivity contribution in [1.82, 2.24) is 15.0 Å². The third kappa shape index (κ3) is 2.53. The normalized spacial score (nSPS) is 10.5. The summed E-state index contributed by atoms with van der Waals surface area (Å²) in [6.07, 6.45) is 5.07. The van der Waals surface area contributed by atoms with Crippen molar-refractivity contribution >= 4 is 16.7 Å². The highest BCUT2D eigenvalue weighted by molar-refractivity contribution is 5.80. The molecular weight excluding hydrogens is 264 g/mol. The fourth-order valence-corrected chi connectivity index (χ4v) is 2.01. The highest BCUT2D eigenvalue weighted by Crippen LogP contribution is 2.31. The van der Waals surface area contributed by atoms with E-state index in [2.05, 4.69) is 21.5 Å². The molecule has 0 unspecified atom stereocenters. The average molecular weight is 278 g/mol. The molecule has 0 atom stereocenters. The van der Waals surface area contributed by atoms with Crippen molar-refractivity contribution < 1.29 is 4.74 Å². The van der Waals surface area contributed by atoms with Crippen molar-refractivity contribution in [3.8, 4) is 17.1 Å². The van der Waals surface area contributed by atoms with E-state index < -0.39 is 0 Å². The minimum absolute atomic E-state index is 0.399. The van der Waals surface area contributed by atoms with Gasteiger partial charge in [-0.15, -0.1) is 0 Å². The Labute approximate surface area is 122 Å². The van der Waals surface area contributed by atoms with Crippen molar-refractivity contribution in [3.05, 3.63) is 55.4 Å². The van der Waals surface area contributed by atoms with Crippen LogP contribution in [0.1, 0.15) is 0 Å². The minimum atomic E-state index is 0.399. The monoisotopic (exact) mass is 278 g/mol. The Morgan fingerprint density at radius 2 is 2.05 bits per heavy atom. The lowest BCUT2D eigenvalue weighted by atomic mass is 10.1. The third-order valence-corrected chi connectivity index (χ3v) is 3.02. The van der Waals surface area contributed by atoms with Crippen LogP contribution < -0.4 is 10.5 Å². The largest absolute Gasteiger partial charge is 0.487 e. The molecule has 0 bridgehead atoms. The first kappa shape index (κ1) is 13.1. The topological polar surface area (TPSA) is 73.9 Å². The lowest BCUT2D eigenvalue weighted by Crippen LogP contribution is -2.01. The molecule has 5 nitrogen and oxygen atoms in total. The first-order chi connectivity index (χ1) is 10.3. The van der Waals surface area contributed by atoms with Crippen LogP contribution in [0.5, 0.6) is 5.75 Å². The molecule has 0 radical (unpaired) electrons. The highest BCUT2D eigenvalue weighted by atomic mass is 16.5. The maximum Gasteiger partial charge on any atom is 0.162 e. The molecule has 2 aromatic heterocycles. The third-order valence-electron chi connectivity index (χ3n) is 3.02. The maximum atomic E-state index is 6.15. The SMILES string of the molecule is C=CCOc1cccc(-c2ncc3ncccc3n2)c1N. The molecule has 0 aliphatic carbocycles. The number of fused-ring (bicyclic) bond motifs is 1. The van der Waals surface area contributed by atoms with E-state index in [4.69, 9.17) is 10.5 Å². The van der Waals surface area contributed by atoms with Crippen molar-refractivity contribution in [3.63, 3.8) is 0 Å². The van der Waals surface area contributed by atoms with Crippen LogP contribution in [0.2, 0.25) is 0 Å². The average Bonchev–Trinajstić information content (AvgIpc) is 2.53. The number of pyridine rings is 1. The Hall–Kier alpha value is -2.95. The van der Waals surface area contributed by atoms with Crippen molar-refractivity contribution in [2.45, 2.75) is 0 Å². The number of anilines is 1. The molecule has 3 rings (SSSR count). The number of benzene rings is 1. The molecule has 0 spiro atoms. The second-order valence-electron chi connectivity index (χ2n) is 4.42. The number of ether oxygens (including phenoxy) is 1. The first-order valence-electron chi connectivity index (χ1n) is 6.50. The Balaban J connectivity index is 2.07. The van der Waals surface area contributed by atoms with Crippen LogP contribution in [0.15, 0.2) is 55.4 Å². The summed E-state index contributed by atoms with van der Waals surface area (Å²) in [6, 6.07) is 9.27. The summed E-state index contributed by atoms with van der Waals surface area (Å²) in [6.45, 7) is 4.02. The van der Waals surface area contributed by atoms with Gasteiger partial charge in [-0.3, -0.25) is 4.98 Å². The van der Waals surface area contributed by atoms with Gasteiger partial charge in [0.1, 0.15) is 17.9 Å². The molecule has 0 saturated carbocycles. The second kappa shape index (κ2) is 5.58. The molecule has 1 aromatic carbocycles. The van der Waals surface area contributed by atoms with Crippen LogP contribution in [0.3, 0.4) is 0 Å². The van der Waals surface area contributed by atoms with E-state index >= 15 is 0 Å². The molecule has 0 saturated heterocycles. The summed E-state index contributed by atoms with van der Waals surface area (Å²) in [5.74, 6) is 1.15. The number of nitrogens with zero attached hydrogens (tertiary/aromatic N) is 3. The van der Waals surface area contributed by atoms with Crippen LogP contribution in [-0.4, -0.2) is 21.6 Å². The Kier molecular flexibility index (Phi) is 3.47. The zero-order valence-corrected chi connectivity index (χ0v) is 11.4. The number of nitrogens with two attached hydrogens (primary N) is 1. The van der Waals surface area contributed by atoms with Gasteiger partial charge in [-0.1, -0.05) is 18.7 Å². The van der Waals surface area contributed by atoms with Gasteiger partial charge in [0.2, 0.25) is 0 Å². The minimum Gasteiger partial charge on any atom is -0.487 e. The van der Waals surface area contributed by atoms with Gasteiger partial charge >= 0.3 is 0 Å². The maximum absolute atomic E-state index is 6.15. The molecule has 2 N–H and O–H groups in total. The van der Waals surface area contributed by atoms with Crippen LogP contribution in [0.25, 0.3) is 22.4 Å². The molecule has 3 aromatic rings. The molecule has 104 valence electrons. The van der Waals surface area contributed by atoms with Gasteiger partial charge in [0.25, 0.3) is 0 Å². The van der Waals surface area contributed by atoms with Crippen molar-refractivity contribution in [2.24, 2.45) is 0 Å². The van der Waals surface area contributed by atoms with Gasteiger partial charge < -0.3 is 10.5 Å². The number of nitrogen functional groups attached to an aromatic ring is 1. The van der Waals surface area contributed by atoms with E-state index in [-0.39, 0.29) is 0 Å². The van der Waals surface area contributed by atoms with Gasteiger partial charge in [0.05, 0.1) is 17.4 Å². The van der Waals surface area contributed by atoms with Gasteiger partial charge in [0.15, 0.2) is 5.82 Å². The van der Waals surface area contributed by atoms with E-state index in [9.17, 15) is 0 Å². The number of hydrogen-bond donors (Lipinski definition) is 1. The fourth-order valence-electron chi connectivity index (χ4n) is 2.01. The Morgan fingerprint density at radius 3 is 2.90 bits per heavy atom. The molecular formula is C16H14N4O. The van der Waals surface area contributed by atoms with Crippen LogP contribution in [0.4, 0.5) is 5.69 Å². The summed E-state index contributed by atoms with van der Waals surface area (Å²) < 4.78 is 5.52. The molecule has 2 heterocycles. The fraction of sp³-hybridized carbons (Fsp3) is 0.0625. The van der Waals surface area contributed by atoms with E-state index in [1.165, 1.54) is 0 Å². The van der Waals surface area contributed by atoms with Crippen LogP contribution in [0, 0.1) is 0 Å². The molecule has 0 fully saturated rings. The van der Waals surface area contributed by atoms with Crippen LogP contribution in [-0.2, 0) is 0 Å². The molecule has 0 aliphatic heterocycles. The Bertz CT molecular complexity index is 801. The lowest BCUT2D eigenvalue weighted by molar-refractivity contribution is 0.365. The summed E-state index contributed by atoms with van der Waals surface area (Å²) in [4.78, 5) is 13.0. The number of aromatic nitrogens is 3. The number of rotatable bonds is 4. The smallest absolute Gasteiger partial charge is 0.162 e. The van der Waals surface area contributed by atoms with Gasteiger partial charge in [-0.25, -0.2) is 9.97 Å². The summed E-state index contributed by atoms with van der Waals surface area (Å²) in [5.41, 5.74) is 8.93. The summed E-state index contributed by atoms with van der Waals surface area (Å²) in [5, 5.41) is 0. The number of para-hydroxylation sites is 1. The zero-order chi connectivity index (χ0) is 14.7. The zero-order valence-electron chi connectivity index (χ0n) is 11.4. The second-order valence-corrected chi connectivity index (χ2v) is 4.42. The van der Waals surface area contributed by atoms with Gasteiger partial charge in [0, 0.05) is 11.8 Å². The van der Waals surface area contributed by atoms with Gasteiger partial charge in [-0.2, -0.15) is 0 Å².